The van der Waals surface area contributed by atoms with Gasteiger partial charge in [-0.3, -0.25) is 0 Å². The predicted octanol–water partition coefficient (Wildman–Crippen LogP) is 1.10. The maximum absolute atomic E-state index is 14.0. The Morgan fingerprint density at radius 1 is 1.41 bits per heavy atom. The molecule has 2 aromatic rings. The fourth-order valence-corrected chi connectivity index (χ4v) is 3.76. The van der Waals surface area contributed by atoms with E-state index in [0.29, 0.717) is 0 Å². The van der Waals surface area contributed by atoms with E-state index in [4.69, 9.17) is 0 Å². The second-order valence-electron chi connectivity index (χ2n) is 4.33. The van der Waals surface area contributed by atoms with Crippen LogP contribution in [0.3, 0.4) is 0 Å². The molecule has 0 bridgehead atoms. The molecular formula is C15H13F2NO3Se. The topological polar surface area (TPSA) is 59.4 Å². The minimum absolute atomic E-state index is 0.0123. The number of aliphatic hydroxyl groups excluding tert-OH is 1. The molecule has 0 amide bonds. The second-order valence-corrected chi connectivity index (χ2v) is 6.53. The molecule has 2 rings (SSSR count). The van der Waals surface area contributed by atoms with E-state index < -0.39 is 23.7 Å². The molecule has 7 heteroatoms. The number of halogens is 2. The summed E-state index contributed by atoms with van der Waals surface area (Å²) in [5.74, 6) is -2.98. The summed E-state index contributed by atoms with van der Waals surface area (Å²) in [7, 11) is 1.12. The van der Waals surface area contributed by atoms with E-state index in [2.05, 4.69) is 9.72 Å². The summed E-state index contributed by atoms with van der Waals surface area (Å²) in [5, 5.41) is 10.1. The van der Waals surface area contributed by atoms with Gasteiger partial charge in [0, 0.05) is 0 Å². The van der Waals surface area contributed by atoms with Crippen molar-refractivity contribution in [2.45, 2.75) is 11.4 Å². The van der Waals surface area contributed by atoms with Crippen LogP contribution >= 0.6 is 0 Å². The number of carbonyl (C=O) groups is 1. The minimum atomic E-state index is -1.64. The molecule has 0 aliphatic heterocycles. The van der Waals surface area contributed by atoms with Crippen LogP contribution in [0.25, 0.3) is 0 Å². The first-order valence-corrected chi connectivity index (χ1v) is 8.37. The van der Waals surface area contributed by atoms with Crippen molar-refractivity contribution in [3.05, 3.63) is 59.4 Å². The fourth-order valence-electron chi connectivity index (χ4n) is 1.84. The maximum atomic E-state index is 14.0. The van der Waals surface area contributed by atoms with Crippen LogP contribution in [0.15, 0.2) is 36.7 Å². The summed E-state index contributed by atoms with van der Waals surface area (Å²) in [4.78, 5) is 15.4. The summed E-state index contributed by atoms with van der Waals surface area (Å²) >= 11 is -0.215. The number of carbonyl (C=O) groups excluding carboxylic acids is 1. The Kier molecular flexibility index (Phi) is 5.60. The zero-order valence-corrected chi connectivity index (χ0v) is 13.3. The van der Waals surface area contributed by atoms with Gasteiger partial charge in [0.25, 0.3) is 0 Å². The quantitative estimate of drug-likeness (QED) is 0.631. The number of benzene rings is 1. The Labute approximate surface area is 132 Å². The summed E-state index contributed by atoms with van der Waals surface area (Å²) < 4.78 is 32.8. The van der Waals surface area contributed by atoms with Crippen LogP contribution in [0, 0.1) is 11.6 Å². The first-order chi connectivity index (χ1) is 10.5. The Hall–Kier alpha value is -1.82. The van der Waals surface area contributed by atoms with E-state index in [1.165, 1.54) is 6.07 Å². The molecule has 116 valence electrons. The Balaban J connectivity index is 2.31. The monoisotopic (exact) mass is 373 g/mol. The summed E-state index contributed by atoms with van der Waals surface area (Å²) in [6, 6.07) is 5.68. The number of hydrogen-bond donors (Lipinski definition) is 1. The van der Waals surface area contributed by atoms with E-state index in [1.807, 2.05) is 6.07 Å². The average Bonchev–Trinajstić information content (AvgIpc) is 2.55. The van der Waals surface area contributed by atoms with Crippen LogP contribution in [0.4, 0.5) is 8.78 Å². The first-order valence-electron chi connectivity index (χ1n) is 6.30. The SMILES string of the molecule is COC(=O)C(O)c1ccc(F)c(F)c1C[Se]c1cccnc1. The van der Waals surface area contributed by atoms with E-state index in [1.54, 1.807) is 18.5 Å². The van der Waals surface area contributed by atoms with Crippen LogP contribution in [0.2, 0.25) is 0 Å². The summed E-state index contributed by atoms with van der Waals surface area (Å²) in [6.45, 7) is 0. The van der Waals surface area contributed by atoms with Crippen LogP contribution in [0.1, 0.15) is 17.2 Å². The molecule has 1 N–H and O–H groups in total. The Bertz CT molecular complexity index is 667. The van der Waals surface area contributed by atoms with Gasteiger partial charge in [0.2, 0.25) is 0 Å². The number of aliphatic hydroxyl groups is 1. The average molecular weight is 372 g/mol. The van der Waals surface area contributed by atoms with Crippen molar-refractivity contribution in [3.63, 3.8) is 0 Å². The Morgan fingerprint density at radius 3 is 2.82 bits per heavy atom. The van der Waals surface area contributed by atoms with Crippen molar-refractivity contribution in [1.29, 1.82) is 0 Å². The third-order valence-electron chi connectivity index (χ3n) is 2.97. The molecule has 0 aliphatic rings. The molecule has 0 spiro atoms. The van der Waals surface area contributed by atoms with Gasteiger partial charge in [-0.25, -0.2) is 0 Å². The molecule has 1 heterocycles. The number of rotatable bonds is 5. The number of nitrogens with zero attached hydrogens (tertiary/aromatic N) is 1. The molecule has 0 aliphatic carbocycles. The molecule has 4 nitrogen and oxygen atoms in total. The molecular weight excluding hydrogens is 359 g/mol. The van der Waals surface area contributed by atoms with Crippen LogP contribution < -0.4 is 4.46 Å². The van der Waals surface area contributed by atoms with E-state index in [0.717, 1.165) is 17.6 Å². The predicted molar refractivity (Wildman–Crippen MR) is 76.7 cm³/mol. The number of ether oxygens (including phenoxy) is 1. The normalized spacial score (nSPS) is 12.0. The van der Waals surface area contributed by atoms with Crippen LogP contribution in [0.5, 0.6) is 0 Å². The zero-order valence-electron chi connectivity index (χ0n) is 11.6. The van der Waals surface area contributed by atoms with E-state index in [9.17, 15) is 18.7 Å². The molecule has 0 fully saturated rings. The standard InChI is InChI=1S/C15H13F2NO3Se/c1-21-15(20)14(19)10-4-5-12(16)13(17)11(10)8-22-9-3-2-6-18-7-9/h2-7,14,19H,8H2,1H3. The van der Waals surface area contributed by atoms with Gasteiger partial charge in [-0.05, 0) is 0 Å². The Morgan fingerprint density at radius 2 is 2.18 bits per heavy atom. The van der Waals surface area contributed by atoms with Gasteiger partial charge < -0.3 is 0 Å². The summed E-state index contributed by atoms with van der Waals surface area (Å²) in [5.41, 5.74) is 0.0123. The third-order valence-corrected chi connectivity index (χ3v) is 5.08. The molecule has 1 atom stereocenters. The first kappa shape index (κ1) is 16.5. The van der Waals surface area contributed by atoms with Gasteiger partial charge >= 0.3 is 132 Å². The van der Waals surface area contributed by atoms with Gasteiger partial charge in [-0.1, -0.05) is 0 Å². The molecule has 1 aromatic heterocycles. The van der Waals surface area contributed by atoms with Gasteiger partial charge in [-0.2, -0.15) is 0 Å². The van der Waals surface area contributed by atoms with Crippen molar-refractivity contribution in [3.8, 4) is 0 Å². The van der Waals surface area contributed by atoms with Gasteiger partial charge in [0.15, 0.2) is 0 Å². The van der Waals surface area contributed by atoms with Crippen LogP contribution in [-0.2, 0) is 14.9 Å². The van der Waals surface area contributed by atoms with Gasteiger partial charge in [-0.15, -0.1) is 0 Å². The van der Waals surface area contributed by atoms with Crippen molar-refractivity contribution in [2.75, 3.05) is 7.11 Å². The number of aromatic nitrogens is 1. The molecule has 0 saturated heterocycles. The number of pyridine rings is 1. The number of hydrogen-bond acceptors (Lipinski definition) is 4. The molecule has 22 heavy (non-hydrogen) atoms. The summed E-state index contributed by atoms with van der Waals surface area (Å²) in [6.07, 6.45) is 1.63. The molecule has 1 aromatic carbocycles. The molecule has 0 radical (unpaired) electrons. The van der Waals surface area contributed by atoms with Crippen molar-refractivity contribution in [2.24, 2.45) is 0 Å². The zero-order chi connectivity index (χ0) is 16.1. The van der Waals surface area contributed by atoms with Crippen molar-refractivity contribution < 1.29 is 23.4 Å². The second kappa shape index (κ2) is 7.44. The molecule has 1 unspecified atom stereocenters. The number of methoxy groups -OCH3 is 1. The van der Waals surface area contributed by atoms with Gasteiger partial charge in [0.05, 0.1) is 0 Å². The fraction of sp³-hybridized carbons (Fsp3) is 0.200. The third kappa shape index (κ3) is 3.68. The van der Waals surface area contributed by atoms with E-state index >= 15 is 0 Å². The van der Waals surface area contributed by atoms with Gasteiger partial charge in [0.1, 0.15) is 0 Å². The van der Waals surface area contributed by atoms with E-state index in [-0.39, 0.29) is 31.4 Å². The van der Waals surface area contributed by atoms with Crippen LogP contribution in [-0.4, -0.2) is 38.1 Å². The molecule has 0 saturated carbocycles. The number of esters is 1. The van der Waals surface area contributed by atoms with Crippen molar-refractivity contribution in [1.82, 2.24) is 4.98 Å². The van der Waals surface area contributed by atoms with Crippen molar-refractivity contribution >= 4 is 25.4 Å².